The summed E-state index contributed by atoms with van der Waals surface area (Å²) in [6, 6.07) is 13.3. The fraction of sp³-hybridized carbons (Fsp3) is 0.438. The van der Waals surface area contributed by atoms with Crippen molar-refractivity contribution < 1.29 is 113 Å². The molecule has 0 aliphatic carbocycles. The number of alkyl halides is 9. The van der Waals surface area contributed by atoms with E-state index in [1.807, 2.05) is 0 Å². The highest BCUT2D eigenvalue weighted by molar-refractivity contribution is 7.93. The molecule has 32 heteroatoms. The van der Waals surface area contributed by atoms with E-state index in [1.165, 1.54) is 63.8 Å². The van der Waals surface area contributed by atoms with E-state index in [2.05, 4.69) is 15.0 Å². The fourth-order valence-electron chi connectivity index (χ4n) is 10.5. The predicted octanol–water partition coefficient (Wildman–Crippen LogP) is 14.4. The Labute approximate surface area is 545 Å². The Bertz CT molecular complexity index is 3290. The number of pyridine rings is 3. The van der Waals surface area contributed by atoms with Gasteiger partial charge in [0.25, 0.3) is 0 Å². The summed E-state index contributed by atoms with van der Waals surface area (Å²) >= 11 is 0.250. The molecule has 0 N–H and O–H groups in total. The lowest BCUT2D eigenvalue weighted by atomic mass is 9.94. The van der Waals surface area contributed by atoms with Gasteiger partial charge in [-0.3, -0.25) is 14.7 Å². The first kappa shape index (κ1) is 77.0. The molecule has 3 aliphatic rings. The van der Waals surface area contributed by atoms with Crippen molar-refractivity contribution in [2.24, 2.45) is 0 Å². The van der Waals surface area contributed by atoms with Gasteiger partial charge < -0.3 is 28.4 Å². The minimum Gasteiger partial charge on any atom is -0.473 e. The third kappa shape index (κ3) is 22.6. The van der Waals surface area contributed by atoms with Crippen LogP contribution in [0.4, 0.5) is 69.7 Å². The minimum absolute atomic E-state index is 0.00942. The normalized spacial score (nSPS) is 15.8. The Morgan fingerprint density at radius 1 is 0.448 bits per heavy atom. The average Bonchev–Trinajstić information content (AvgIpc) is 0.791. The largest absolute Gasteiger partial charge is 0.473 e. The quantitative estimate of drug-likeness (QED) is 0.0455. The molecule has 3 aromatic carbocycles. The Balaban J connectivity index is 0.000000223. The molecule has 0 spiro atoms. The van der Waals surface area contributed by atoms with Gasteiger partial charge in [-0.25, -0.2) is 55.7 Å². The van der Waals surface area contributed by atoms with Crippen molar-refractivity contribution in [3.05, 3.63) is 141 Å². The second kappa shape index (κ2) is 34.3. The second-order valence-corrected chi connectivity index (χ2v) is 22.3. The van der Waals surface area contributed by atoms with Crippen molar-refractivity contribution in [3.8, 4) is 51.0 Å². The Morgan fingerprint density at radius 2 is 0.688 bits per heavy atom. The number of ether oxygens (including phenoxy) is 6. The number of aromatic nitrogens is 3. The molecule has 0 radical (unpaired) electrons. The maximum atomic E-state index is 14.5. The second-order valence-electron chi connectivity index (χ2n) is 22.0. The van der Waals surface area contributed by atoms with E-state index >= 15 is 0 Å². The highest BCUT2D eigenvalue weighted by atomic mass is 32.2. The smallest absolute Gasteiger partial charge is 0.401 e. The van der Waals surface area contributed by atoms with Crippen molar-refractivity contribution in [1.82, 2.24) is 29.7 Å². The van der Waals surface area contributed by atoms with E-state index in [4.69, 9.17) is 28.4 Å². The fourth-order valence-corrected chi connectivity index (χ4v) is 10.5. The molecule has 3 aliphatic heterocycles. The maximum Gasteiger partial charge on any atom is 0.401 e. The third-order valence-electron chi connectivity index (χ3n) is 14.3. The number of halogens is 16. The van der Waals surface area contributed by atoms with Gasteiger partial charge in [0.15, 0.2) is 17.1 Å². The highest BCUT2D eigenvalue weighted by Gasteiger charge is 2.37. The number of benzene rings is 3. The van der Waals surface area contributed by atoms with Gasteiger partial charge in [-0.2, -0.15) is 43.4 Å². The summed E-state index contributed by atoms with van der Waals surface area (Å²) in [5.74, 6) is -6.91. The lowest BCUT2D eigenvalue weighted by Gasteiger charge is -2.30. The van der Waals surface area contributed by atoms with Gasteiger partial charge >= 0.3 is 36.4 Å². The van der Waals surface area contributed by atoms with Crippen LogP contribution in [0.3, 0.4) is 0 Å². The molecule has 0 amide bonds. The van der Waals surface area contributed by atoms with Gasteiger partial charge in [-0.05, 0) is 152 Å². The predicted molar refractivity (Wildman–Crippen MR) is 320 cm³/mol. The number of esters is 3. The first-order valence-corrected chi connectivity index (χ1v) is 30.7. The third-order valence-corrected chi connectivity index (χ3v) is 14.3. The zero-order valence-corrected chi connectivity index (χ0v) is 53.4. The molecule has 524 valence electrons. The summed E-state index contributed by atoms with van der Waals surface area (Å²) in [5, 5.41) is 0. The molecule has 0 bridgehead atoms. The van der Waals surface area contributed by atoms with Crippen LogP contribution in [0.15, 0.2) is 72.8 Å². The van der Waals surface area contributed by atoms with Crippen LogP contribution in [0.5, 0.6) is 17.6 Å². The Morgan fingerprint density at radius 3 is 0.896 bits per heavy atom. The molecule has 96 heavy (non-hydrogen) atoms. The lowest BCUT2D eigenvalue weighted by molar-refractivity contribution is -0.146. The maximum absolute atomic E-state index is 14.5. The summed E-state index contributed by atoms with van der Waals surface area (Å²) in [5.41, 5.74) is 2.14. The molecular weight excluding hydrogens is 1330 g/mol. The van der Waals surface area contributed by atoms with Gasteiger partial charge in [0.1, 0.15) is 53.2 Å². The zero-order chi connectivity index (χ0) is 71.0. The van der Waals surface area contributed by atoms with Gasteiger partial charge in [0.2, 0.25) is 17.6 Å². The Hall–Kier alpha value is -7.97. The van der Waals surface area contributed by atoms with Crippen LogP contribution in [0.1, 0.15) is 88.2 Å². The van der Waals surface area contributed by atoms with Crippen molar-refractivity contribution in [3.63, 3.8) is 0 Å². The SMILES string of the molecule is CCOC(=O)c1cc(-c2ccc(F)cc2F)c2c(n1)OC(CN(C)CC(F)(F)F)CC2.CCOC(=O)c1cc(-c2ccc(F)cc2F)c2c(n1)O[C@@H](CN(C)CC(F)(F)F)CC2.CCOC(=O)c1cc(-c2ccc(F)cc2F)c2c(n1)O[C@H](CN(C)CC(F)(F)F)CC2.CSF. The minimum atomic E-state index is -4.34. The molecule has 3 aromatic heterocycles. The van der Waals surface area contributed by atoms with Gasteiger partial charge in [-0.1, -0.05) is 0 Å². The number of likely N-dealkylation sites (N-methyl/N-ethyl adjacent to an activating group) is 3. The van der Waals surface area contributed by atoms with Crippen LogP contribution < -0.4 is 14.2 Å². The van der Waals surface area contributed by atoms with E-state index in [-0.39, 0.29) is 103 Å². The molecular formula is C64H66F16N6O9S. The number of carbonyl (C=O) groups is 3. The molecule has 9 rings (SSSR count). The number of hydrogen-bond donors (Lipinski definition) is 0. The van der Waals surface area contributed by atoms with Gasteiger partial charge in [-0.15, -0.1) is 0 Å². The monoisotopic (exact) mass is 1400 g/mol. The van der Waals surface area contributed by atoms with Crippen LogP contribution in [0.25, 0.3) is 33.4 Å². The lowest BCUT2D eigenvalue weighted by Crippen LogP contribution is -2.40. The van der Waals surface area contributed by atoms with E-state index < -0.39 is 109 Å². The first-order valence-electron chi connectivity index (χ1n) is 29.5. The number of fused-ring (bicyclic) bond motifs is 3. The van der Waals surface area contributed by atoms with Gasteiger partial charge in [0, 0.05) is 89.6 Å². The van der Waals surface area contributed by atoms with Crippen molar-refractivity contribution in [1.29, 1.82) is 0 Å². The Kier molecular flexibility index (Phi) is 27.5. The molecule has 1 unspecified atom stereocenters. The molecule has 6 aromatic rings. The molecule has 6 heterocycles. The van der Waals surface area contributed by atoms with Crippen LogP contribution in [0, 0.1) is 34.9 Å². The first-order chi connectivity index (χ1) is 45.1. The van der Waals surface area contributed by atoms with Crippen LogP contribution >= 0.6 is 12.1 Å². The average molecular weight is 1400 g/mol. The molecule has 15 nitrogen and oxygen atoms in total. The van der Waals surface area contributed by atoms with Crippen molar-refractivity contribution in [2.45, 2.75) is 96.1 Å². The number of hydrogen-bond acceptors (Lipinski definition) is 16. The van der Waals surface area contributed by atoms with Gasteiger partial charge in [0.05, 0.1) is 39.5 Å². The molecule has 0 saturated carbocycles. The van der Waals surface area contributed by atoms with Crippen molar-refractivity contribution in [2.75, 3.05) is 86.5 Å². The molecule has 0 fully saturated rings. The zero-order valence-electron chi connectivity index (χ0n) is 52.6. The summed E-state index contributed by atoms with van der Waals surface area (Å²) in [7, 11) is 3.98. The number of rotatable bonds is 18. The summed E-state index contributed by atoms with van der Waals surface area (Å²) in [6.07, 6.45) is -11.4. The van der Waals surface area contributed by atoms with E-state index in [9.17, 15) is 84.1 Å². The van der Waals surface area contributed by atoms with Crippen LogP contribution in [-0.4, -0.2) is 171 Å². The standard InChI is InChI=1S/3C21H21F5N2O3.CH3FS/c3*1-3-30-20(29)18-9-16(14-6-4-12(22)8-17(14)23)15-7-5-13(31-19(15)27-18)10-28(2)11-21(24,25)26;1-3-2/h3*4,6,8-9,13H,3,5,7,10-11H2,1-2H3;1H3/t2*13-;;/m10../s1. The number of carbonyl (C=O) groups excluding carboxylic acids is 3. The van der Waals surface area contributed by atoms with E-state index in [1.54, 1.807) is 20.8 Å². The van der Waals surface area contributed by atoms with E-state index in [0.29, 0.717) is 71.9 Å². The topological polar surface area (TPSA) is 155 Å². The van der Waals surface area contributed by atoms with Crippen molar-refractivity contribution >= 4 is 30.1 Å². The molecule has 3 atom stereocenters. The number of nitrogens with zero attached hydrogens (tertiary/aromatic N) is 6. The molecule has 0 saturated heterocycles. The van der Waals surface area contributed by atoms with E-state index in [0.717, 1.165) is 51.1 Å². The summed E-state index contributed by atoms with van der Waals surface area (Å²) in [4.78, 5) is 52.5. The van der Waals surface area contributed by atoms with Crippen LogP contribution in [-0.2, 0) is 33.5 Å². The summed E-state index contributed by atoms with van der Waals surface area (Å²) in [6.45, 7) is 1.78. The summed E-state index contributed by atoms with van der Waals surface area (Å²) < 4.78 is 239. The van der Waals surface area contributed by atoms with Crippen LogP contribution in [0.2, 0.25) is 0 Å². The highest BCUT2D eigenvalue weighted by Crippen LogP contribution is 2.41.